The van der Waals surface area contributed by atoms with Gasteiger partial charge in [-0.15, -0.1) is 0 Å². The van der Waals surface area contributed by atoms with Gasteiger partial charge in [-0.1, -0.05) is 18.2 Å². The van der Waals surface area contributed by atoms with E-state index >= 15 is 0 Å². The molecule has 0 amide bonds. The molecule has 10 heteroatoms. The van der Waals surface area contributed by atoms with Crippen molar-refractivity contribution in [3.63, 3.8) is 0 Å². The number of carbonyl (C=O) groups is 1. The summed E-state index contributed by atoms with van der Waals surface area (Å²) in [6, 6.07) is 11.7. The summed E-state index contributed by atoms with van der Waals surface area (Å²) < 4.78 is 66.6. The van der Waals surface area contributed by atoms with Crippen molar-refractivity contribution in [2.24, 2.45) is 0 Å². The Kier molecular flexibility index (Phi) is 6.25. The fourth-order valence-corrected chi connectivity index (χ4v) is 4.91. The van der Waals surface area contributed by atoms with Gasteiger partial charge >= 0.3 is 5.97 Å². The van der Waals surface area contributed by atoms with Crippen molar-refractivity contribution in [2.45, 2.75) is 25.7 Å². The van der Waals surface area contributed by atoms with Crippen LogP contribution in [0.1, 0.15) is 30.7 Å². The molecule has 0 saturated carbocycles. The number of carbonyl (C=O) groups excluding carboxylic acids is 1. The highest BCUT2D eigenvalue weighted by Crippen LogP contribution is 2.45. The lowest BCUT2D eigenvalue weighted by molar-refractivity contribution is -0.142. The number of nitrogens with zero attached hydrogens (tertiary/aromatic N) is 1. The summed E-state index contributed by atoms with van der Waals surface area (Å²) in [7, 11) is 0. The zero-order chi connectivity index (χ0) is 28.0. The number of H-pyrrole nitrogens is 1. The molecule has 204 valence electrons. The topological polar surface area (TPSA) is 86.6 Å². The highest BCUT2D eigenvalue weighted by molar-refractivity contribution is 5.82. The van der Waals surface area contributed by atoms with E-state index in [1.807, 2.05) is 19.1 Å². The van der Waals surface area contributed by atoms with Crippen LogP contribution in [-0.4, -0.2) is 29.2 Å². The molecular weight excluding hydrogens is 525 g/mol. The second-order valence-electron chi connectivity index (χ2n) is 9.62. The van der Waals surface area contributed by atoms with Crippen molar-refractivity contribution in [1.29, 1.82) is 0 Å². The summed E-state index contributed by atoms with van der Waals surface area (Å²) in [5.41, 5.74) is 1.47. The molecule has 0 bridgehead atoms. The molecule has 0 unspecified atom stereocenters. The van der Waals surface area contributed by atoms with E-state index in [2.05, 4.69) is 9.97 Å². The number of esters is 1. The average molecular weight is 549 g/mol. The van der Waals surface area contributed by atoms with E-state index in [1.54, 1.807) is 13.0 Å². The fourth-order valence-electron chi connectivity index (χ4n) is 4.91. The first-order valence-corrected chi connectivity index (χ1v) is 12.6. The minimum atomic E-state index is -0.910. The number of halogens is 3. The zero-order valence-electron chi connectivity index (χ0n) is 21.5. The first kappa shape index (κ1) is 25.5. The van der Waals surface area contributed by atoms with E-state index in [0.29, 0.717) is 17.0 Å². The summed E-state index contributed by atoms with van der Waals surface area (Å²) in [6.07, 6.45) is 2.97. The van der Waals surface area contributed by atoms with Gasteiger partial charge in [0, 0.05) is 28.8 Å². The Bertz CT molecular complexity index is 1760. The van der Waals surface area contributed by atoms with Crippen LogP contribution in [0.15, 0.2) is 65.4 Å². The lowest BCUT2D eigenvalue weighted by Gasteiger charge is -2.19. The normalized spacial score (nSPS) is 16.1. The lowest BCUT2D eigenvalue weighted by atomic mass is 9.81. The molecule has 0 saturated heterocycles. The van der Waals surface area contributed by atoms with Crippen molar-refractivity contribution in [3.8, 4) is 28.7 Å². The highest BCUT2D eigenvalue weighted by atomic mass is 19.1. The molecule has 1 N–H and O–H groups in total. The van der Waals surface area contributed by atoms with Crippen LogP contribution in [0.3, 0.4) is 0 Å². The number of para-hydroxylation sites is 1. The second-order valence-corrected chi connectivity index (χ2v) is 9.62. The number of benzene rings is 3. The van der Waals surface area contributed by atoms with Gasteiger partial charge in [-0.05, 0) is 38.1 Å². The maximum atomic E-state index is 14.9. The summed E-state index contributed by atoms with van der Waals surface area (Å²) >= 11 is 0. The number of aromatic amines is 1. The molecule has 6 rings (SSSR count). The Hall–Kier alpha value is -4.73. The summed E-state index contributed by atoms with van der Waals surface area (Å²) in [5.74, 6) is -2.89. The Morgan fingerprint density at radius 3 is 2.80 bits per heavy atom. The lowest BCUT2D eigenvalue weighted by Crippen LogP contribution is -2.25. The molecule has 1 aliphatic heterocycles. The molecule has 0 aliphatic carbocycles. The molecule has 40 heavy (non-hydrogen) atoms. The van der Waals surface area contributed by atoms with Crippen molar-refractivity contribution in [2.75, 3.05) is 13.2 Å². The van der Waals surface area contributed by atoms with Gasteiger partial charge in [0.25, 0.3) is 0 Å². The number of aromatic nitrogens is 2. The summed E-state index contributed by atoms with van der Waals surface area (Å²) in [5, 5.41) is 0.161. The minimum absolute atomic E-state index is 0.00630. The van der Waals surface area contributed by atoms with Gasteiger partial charge in [0.05, 0.1) is 35.2 Å². The smallest absolute Gasteiger partial charge is 0.310 e. The van der Waals surface area contributed by atoms with Crippen LogP contribution in [0.5, 0.6) is 17.2 Å². The molecule has 2 aromatic heterocycles. The molecule has 1 aliphatic rings. The molecule has 0 spiro atoms. The Balaban J connectivity index is 1.31. The van der Waals surface area contributed by atoms with Crippen LogP contribution in [-0.2, 0) is 21.4 Å². The second kappa shape index (κ2) is 9.78. The number of nitrogens with one attached hydrogen (secondary N) is 1. The van der Waals surface area contributed by atoms with Crippen molar-refractivity contribution >= 4 is 16.9 Å². The third kappa shape index (κ3) is 4.25. The predicted octanol–water partition coefficient (Wildman–Crippen LogP) is 6.84. The number of oxazole rings is 1. The van der Waals surface area contributed by atoms with Crippen molar-refractivity contribution < 1.29 is 36.6 Å². The maximum Gasteiger partial charge on any atom is 0.310 e. The van der Waals surface area contributed by atoms with Crippen LogP contribution in [0.25, 0.3) is 22.4 Å². The van der Waals surface area contributed by atoms with Crippen LogP contribution < -0.4 is 9.47 Å². The molecule has 1 atom stereocenters. The monoisotopic (exact) mass is 548 g/mol. The molecule has 5 aromatic rings. The molecule has 3 heterocycles. The van der Waals surface area contributed by atoms with Crippen LogP contribution in [0.2, 0.25) is 0 Å². The minimum Gasteiger partial charge on any atom is -0.492 e. The largest absolute Gasteiger partial charge is 0.492 e. The Morgan fingerprint density at radius 2 is 1.98 bits per heavy atom. The van der Waals surface area contributed by atoms with Crippen LogP contribution >= 0.6 is 0 Å². The molecular formula is C30H23F3N2O5. The molecule has 0 radical (unpaired) electrons. The number of hydrogen-bond acceptors (Lipinski definition) is 6. The predicted molar refractivity (Wildman–Crippen MR) is 139 cm³/mol. The maximum absolute atomic E-state index is 14.9. The number of ether oxygens (including phenoxy) is 3. The van der Waals surface area contributed by atoms with E-state index in [4.69, 9.17) is 18.6 Å². The SMILES string of the molecule is CCOC(=O)Cc1cccc2c1OC[C@@]2(C)c1coc(-c2cc(Oc3c(F)cc4[nH]ccc4c3F)ccc2F)n1. The quantitative estimate of drug-likeness (QED) is 0.224. The summed E-state index contributed by atoms with van der Waals surface area (Å²) in [6.45, 7) is 4.16. The van der Waals surface area contributed by atoms with E-state index in [1.165, 1.54) is 30.7 Å². The van der Waals surface area contributed by atoms with Crippen molar-refractivity contribution in [3.05, 3.63) is 95.3 Å². The van der Waals surface area contributed by atoms with E-state index < -0.39 is 28.6 Å². The highest BCUT2D eigenvalue weighted by Gasteiger charge is 2.42. The number of rotatable bonds is 7. The zero-order valence-corrected chi connectivity index (χ0v) is 21.5. The molecule has 3 aromatic carbocycles. The average Bonchev–Trinajstić information content (AvgIpc) is 3.68. The van der Waals surface area contributed by atoms with E-state index in [-0.39, 0.29) is 53.7 Å². The Labute approximate surface area is 226 Å². The van der Waals surface area contributed by atoms with Crippen LogP contribution in [0, 0.1) is 17.5 Å². The van der Waals surface area contributed by atoms with Gasteiger partial charge < -0.3 is 23.6 Å². The van der Waals surface area contributed by atoms with Gasteiger partial charge in [-0.3, -0.25) is 4.79 Å². The summed E-state index contributed by atoms with van der Waals surface area (Å²) in [4.78, 5) is 19.4. The van der Waals surface area contributed by atoms with E-state index in [9.17, 15) is 18.0 Å². The van der Waals surface area contributed by atoms with Crippen LogP contribution in [0.4, 0.5) is 13.2 Å². The van der Waals surface area contributed by atoms with Gasteiger partial charge in [-0.25, -0.2) is 18.2 Å². The van der Waals surface area contributed by atoms with Crippen molar-refractivity contribution in [1.82, 2.24) is 9.97 Å². The Morgan fingerprint density at radius 1 is 1.12 bits per heavy atom. The standard InChI is InChI=1S/C30H23F3N2O5/c1-3-37-25(36)11-16-5-4-6-20-27(16)39-15-30(20,2)24-14-38-29(35-24)19-12-17(7-8-21(19)31)40-28-22(32)13-23-18(26(28)33)9-10-34-23/h4-10,12-14,34H,3,11,15H2,1-2H3/t30-/m1/s1. The van der Waals surface area contributed by atoms with Gasteiger partial charge in [-0.2, -0.15) is 0 Å². The molecule has 7 nitrogen and oxygen atoms in total. The third-order valence-corrected chi connectivity index (χ3v) is 7.00. The number of hydrogen-bond donors (Lipinski definition) is 1. The van der Waals surface area contributed by atoms with Gasteiger partial charge in [0.2, 0.25) is 5.89 Å². The fraction of sp³-hybridized carbons (Fsp3) is 0.200. The van der Waals surface area contributed by atoms with Gasteiger partial charge in [0.15, 0.2) is 17.4 Å². The first-order chi connectivity index (χ1) is 19.3. The van der Waals surface area contributed by atoms with E-state index in [0.717, 1.165) is 17.7 Å². The third-order valence-electron chi connectivity index (χ3n) is 7.00. The number of fused-ring (bicyclic) bond motifs is 2. The van der Waals surface area contributed by atoms with Gasteiger partial charge in [0.1, 0.15) is 30.2 Å². The first-order valence-electron chi connectivity index (χ1n) is 12.6. The molecule has 0 fully saturated rings.